The van der Waals surface area contributed by atoms with Gasteiger partial charge in [-0.1, -0.05) is 12.1 Å². The van der Waals surface area contributed by atoms with Crippen LogP contribution in [0.1, 0.15) is 35.2 Å². The Morgan fingerprint density at radius 3 is 2.48 bits per heavy atom. The van der Waals surface area contributed by atoms with E-state index < -0.39 is 35.7 Å². The van der Waals surface area contributed by atoms with E-state index >= 15 is 0 Å². The smallest absolute Gasteiger partial charge is 0.416 e. The Balaban J connectivity index is 2.30. The number of nitrogens with zero attached hydrogens (tertiary/aromatic N) is 4. The van der Waals surface area contributed by atoms with Crippen molar-refractivity contribution in [2.75, 3.05) is 39.3 Å². The van der Waals surface area contributed by atoms with Crippen LogP contribution in [0.15, 0.2) is 53.7 Å². The average molecular weight is 559 g/mol. The van der Waals surface area contributed by atoms with Crippen molar-refractivity contribution in [3.05, 3.63) is 76.0 Å². The lowest BCUT2D eigenvalue weighted by atomic mass is 9.88. The van der Waals surface area contributed by atoms with Gasteiger partial charge in [0.15, 0.2) is 0 Å². The van der Waals surface area contributed by atoms with Crippen LogP contribution in [0.25, 0.3) is 0 Å². The van der Waals surface area contributed by atoms with E-state index in [9.17, 15) is 28.0 Å². The molecular formula is C27H29F3N6O4. The number of carbonyl (C=O) groups excluding carboxylic acids is 2. The van der Waals surface area contributed by atoms with Gasteiger partial charge in [-0.05, 0) is 55.4 Å². The molecule has 1 heterocycles. The second-order valence-corrected chi connectivity index (χ2v) is 9.06. The molecule has 2 amide bonds. The first-order valence-electron chi connectivity index (χ1n) is 12.0. The summed E-state index contributed by atoms with van der Waals surface area (Å²) in [4.78, 5) is 29.8. The summed E-state index contributed by atoms with van der Waals surface area (Å²) < 4.78 is 50.6. The molecule has 0 bridgehead atoms. The van der Waals surface area contributed by atoms with Gasteiger partial charge < -0.3 is 15.2 Å². The molecule has 2 aromatic rings. The number of primary amides is 1. The minimum absolute atomic E-state index is 0.0710. The molecule has 0 spiro atoms. The normalized spacial score (nSPS) is 15.9. The molecule has 13 heteroatoms. The maximum Gasteiger partial charge on any atom is 0.416 e. The number of ether oxygens (including phenoxy) is 2. The van der Waals surface area contributed by atoms with E-state index in [-0.39, 0.29) is 23.5 Å². The Kier molecular flexibility index (Phi) is 9.18. The highest BCUT2D eigenvalue weighted by molar-refractivity contribution is 6.10. The Morgan fingerprint density at radius 1 is 1.20 bits per heavy atom. The van der Waals surface area contributed by atoms with Gasteiger partial charge in [-0.15, -0.1) is 0 Å². The van der Waals surface area contributed by atoms with Crippen molar-refractivity contribution in [2.45, 2.75) is 25.7 Å². The molecule has 0 aliphatic carbocycles. The highest BCUT2D eigenvalue weighted by atomic mass is 19.4. The van der Waals surface area contributed by atoms with Gasteiger partial charge in [-0.3, -0.25) is 20.1 Å². The van der Waals surface area contributed by atoms with Crippen LogP contribution in [0, 0.1) is 16.7 Å². The van der Waals surface area contributed by atoms with E-state index in [2.05, 4.69) is 6.07 Å². The molecule has 3 rings (SSSR count). The second-order valence-electron chi connectivity index (χ2n) is 9.06. The topological polar surface area (TPSA) is 136 Å². The standard InChI is InChI=1S/C27H29F3N6O4/c1-16-22(24(37)40-4)23(21-9-8-17(14-31)12-18(21)15-34(2)10-11-39-3)36(26(33)38)25(32)35(16)20-7-5-6-19(13-20)27(28,29)30/h5-9,12-13,23,32H,10-11,15H2,1-4H3,(H2,33,38). The van der Waals surface area contributed by atoms with Crippen LogP contribution in [0.3, 0.4) is 0 Å². The molecule has 1 aliphatic rings. The van der Waals surface area contributed by atoms with Gasteiger partial charge in [0, 0.05) is 31.6 Å². The Morgan fingerprint density at radius 2 is 1.90 bits per heavy atom. The van der Waals surface area contributed by atoms with Crippen molar-refractivity contribution in [1.82, 2.24) is 9.80 Å². The third-order valence-electron chi connectivity index (χ3n) is 6.46. The van der Waals surface area contributed by atoms with Crippen molar-refractivity contribution in [2.24, 2.45) is 5.73 Å². The summed E-state index contributed by atoms with van der Waals surface area (Å²) in [5.41, 5.74) is 5.87. The summed E-state index contributed by atoms with van der Waals surface area (Å²) in [5.74, 6) is -1.44. The number of hydrogen-bond acceptors (Lipinski definition) is 7. The molecule has 1 aliphatic heterocycles. The first-order chi connectivity index (χ1) is 18.8. The molecule has 0 aromatic heterocycles. The first-order valence-corrected chi connectivity index (χ1v) is 12.0. The fourth-order valence-corrected chi connectivity index (χ4v) is 4.56. The lowest BCUT2D eigenvalue weighted by Crippen LogP contribution is -2.55. The number of hydrogen-bond donors (Lipinski definition) is 2. The van der Waals surface area contributed by atoms with E-state index in [4.69, 9.17) is 20.6 Å². The number of nitrogens with two attached hydrogens (primary N) is 1. The maximum atomic E-state index is 13.5. The van der Waals surface area contributed by atoms with Gasteiger partial charge in [-0.2, -0.15) is 18.4 Å². The number of methoxy groups -OCH3 is 2. The minimum atomic E-state index is -4.67. The summed E-state index contributed by atoms with van der Waals surface area (Å²) in [7, 11) is 4.50. The molecule has 0 radical (unpaired) electrons. The molecule has 2 aromatic carbocycles. The number of carbonyl (C=O) groups is 2. The number of esters is 1. The molecule has 3 N–H and O–H groups in total. The predicted octanol–water partition coefficient (Wildman–Crippen LogP) is 3.98. The molecule has 40 heavy (non-hydrogen) atoms. The van der Waals surface area contributed by atoms with E-state index in [1.54, 1.807) is 19.2 Å². The first kappa shape index (κ1) is 30.1. The summed E-state index contributed by atoms with van der Waals surface area (Å²) in [5, 5.41) is 18.4. The number of allylic oxidation sites excluding steroid dienone is 1. The summed E-state index contributed by atoms with van der Waals surface area (Å²) >= 11 is 0. The number of rotatable bonds is 8. The summed E-state index contributed by atoms with van der Waals surface area (Å²) in [6, 6.07) is 8.49. The quantitative estimate of drug-likeness (QED) is 0.468. The molecular weight excluding hydrogens is 529 g/mol. The van der Waals surface area contributed by atoms with Gasteiger partial charge in [0.25, 0.3) is 0 Å². The average Bonchev–Trinajstić information content (AvgIpc) is 2.90. The summed E-state index contributed by atoms with van der Waals surface area (Å²) in [6.07, 6.45) is -4.67. The Hall–Kier alpha value is -4.41. The molecule has 212 valence electrons. The number of guanidine groups is 1. The fraction of sp³-hybridized carbons (Fsp3) is 0.333. The van der Waals surface area contributed by atoms with Crippen LogP contribution in [0.2, 0.25) is 0 Å². The monoisotopic (exact) mass is 558 g/mol. The number of nitrogens with one attached hydrogen (secondary N) is 1. The maximum absolute atomic E-state index is 13.5. The summed E-state index contributed by atoms with van der Waals surface area (Å²) in [6.45, 7) is 2.66. The van der Waals surface area contributed by atoms with Gasteiger partial charge in [0.2, 0.25) is 5.96 Å². The third kappa shape index (κ3) is 6.08. The van der Waals surface area contributed by atoms with E-state index in [1.807, 2.05) is 11.9 Å². The van der Waals surface area contributed by atoms with Crippen LogP contribution < -0.4 is 10.6 Å². The number of likely N-dealkylation sites (N-methyl/N-ethyl adjacent to an activating group) is 1. The molecule has 0 saturated heterocycles. The van der Waals surface area contributed by atoms with Crippen molar-refractivity contribution >= 4 is 23.6 Å². The fourth-order valence-electron chi connectivity index (χ4n) is 4.56. The van der Waals surface area contributed by atoms with Gasteiger partial charge in [0.05, 0.1) is 36.5 Å². The largest absolute Gasteiger partial charge is 0.466 e. The molecule has 0 fully saturated rings. The van der Waals surface area contributed by atoms with Crippen LogP contribution in [0.4, 0.5) is 23.7 Å². The number of halogens is 3. The zero-order chi connectivity index (χ0) is 29.8. The van der Waals surface area contributed by atoms with Gasteiger partial charge in [-0.25, -0.2) is 9.59 Å². The Labute approximate surface area is 229 Å². The third-order valence-corrected chi connectivity index (χ3v) is 6.46. The van der Waals surface area contributed by atoms with Crippen LogP contribution in [-0.2, 0) is 27.0 Å². The minimum Gasteiger partial charge on any atom is -0.466 e. The Bertz CT molecular complexity index is 1390. The molecule has 10 nitrogen and oxygen atoms in total. The zero-order valence-electron chi connectivity index (χ0n) is 22.4. The molecule has 1 atom stereocenters. The van der Waals surface area contributed by atoms with E-state index in [1.165, 1.54) is 19.1 Å². The number of nitriles is 1. The second kappa shape index (κ2) is 12.2. The number of amides is 2. The number of alkyl halides is 3. The van der Waals surface area contributed by atoms with Gasteiger partial charge >= 0.3 is 18.2 Å². The van der Waals surface area contributed by atoms with Crippen molar-refractivity contribution in [3.8, 4) is 6.07 Å². The predicted molar refractivity (Wildman–Crippen MR) is 140 cm³/mol. The number of benzene rings is 2. The lowest BCUT2D eigenvalue weighted by Gasteiger charge is -2.43. The zero-order valence-corrected chi connectivity index (χ0v) is 22.4. The van der Waals surface area contributed by atoms with Crippen molar-refractivity contribution in [1.29, 1.82) is 10.7 Å². The highest BCUT2D eigenvalue weighted by Crippen LogP contribution is 2.42. The van der Waals surface area contributed by atoms with Crippen molar-refractivity contribution < 1.29 is 32.2 Å². The van der Waals surface area contributed by atoms with Gasteiger partial charge in [0.1, 0.15) is 6.04 Å². The van der Waals surface area contributed by atoms with E-state index in [0.717, 1.165) is 35.1 Å². The SMILES string of the molecule is COCCN(C)Cc1cc(C#N)ccc1C1C(C(=O)OC)=C(C)N(c2cccc(C(F)(F)F)c2)C(=N)N1C(N)=O. The highest BCUT2D eigenvalue weighted by Gasteiger charge is 2.44. The van der Waals surface area contributed by atoms with Crippen LogP contribution in [-0.4, -0.2) is 62.2 Å². The van der Waals surface area contributed by atoms with Crippen LogP contribution in [0.5, 0.6) is 0 Å². The number of urea groups is 1. The van der Waals surface area contributed by atoms with Crippen molar-refractivity contribution in [3.63, 3.8) is 0 Å². The number of anilines is 1. The lowest BCUT2D eigenvalue weighted by molar-refractivity contribution is -0.138. The molecule has 0 saturated carbocycles. The molecule has 1 unspecified atom stereocenters. The van der Waals surface area contributed by atoms with Crippen LogP contribution >= 0.6 is 0 Å². The van der Waals surface area contributed by atoms with E-state index in [0.29, 0.717) is 29.8 Å².